The highest BCUT2D eigenvalue weighted by Gasteiger charge is 2.26. The molecular formula is C13H21N3O2. The highest BCUT2D eigenvalue weighted by atomic mass is 16.3. The average molecular weight is 251 g/mol. The third kappa shape index (κ3) is 2.90. The number of carbonyl (C=O) groups is 1. The van der Waals surface area contributed by atoms with Crippen LogP contribution in [0.1, 0.15) is 32.2 Å². The molecular weight excluding hydrogens is 230 g/mol. The molecule has 0 unspecified atom stereocenters. The van der Waals surface area contributed by atoms with E-state index in [2.05, 4.69) is 18.1 Å². The van der Waals surface area contributed by atoms with E-state index < -0.39 is 5.60 Å². The predicted molar refractivity (Wildman–Crippen MR) is 68.2 cm³/mol. The van der Waals surface area contributed by atoms with Gasteiger partial charge in [0.05, 0.1) is 11.3 Å². The summed E-state index contributed by atoms with van der Waals surface area (Å²) in [5.74, 6) is 0.0293. The van der Waals surface area contributed by atoms with Gasteiger partial charge in [0.15, 0.2) is 0 Å². The molecule has 100 valence electrons. The Hall–Kier alpha value is -1.36. The molecule has 5 heteroatoms. The zero-order valence-electron chi connectivity index (χ0n) is 11.3. The molecule has 0 aromatic carbocycles. The molecule has 0 saturated heterocycles. The Kier molecular flexibility index (Phi) is 3.43. The molecule has 18 heavy (non-hydrogen) atoms. The summed E-state index contributed by atoms with van der Waals surface area (Å²) in [6.45, 7) is 6.81. The molecule has 0 atom stereocenters. The lowest BCUT2D eigenvalue weighted by Crippen LogP contribution is -2.43. The number of β-amino-alcohol motifs (C(OH)–C–C–N with tert-alkyl or cyclic N) is 1. The van der Waals surface area contributed by atoms with Crippen LogP contribution in [0.4, 0.5) is 0 Å². The summed E-state index contributed by atoms with van der Waals surface area (Å²) in [5, 5.41) is 14.2. The van der Waals surface area contributed by atoms with E-state index in [9.17, 15) is 9.90 Å². The zero-order chi connectivity index (χ0) is 13.3. The van der Waals surface area contributed by atoms with E-state index in [1.807, 2.05) is 0 Å². The van der Waals surface area contributed by atoms with E-state index in [0.717, 1.165) is 24.2 Å². The molecule has 0 spiro atoms. The summed E-state index contributed by atoms with van der Waals surface area (Å²) >= 11 is 0. The van der Waals surface area contributed by atoms with Crippen molar-refractivity contribution in [3.63, 3.8) is 0 Å². The minimum atomic E-state index is -0.851. The first-order valence-corrected chi connectivity index (χ1v) is 6.45. The van der Waals surface area contributed by atoms with Crippen LogP contribution in [0.25, 0.3) is 0 Å². The quantitative estimate of drug-likeness (QED) is 0.856. The molecule has 1 N–H and O–H groups in total. The van der Waals surface area contributed by atoms with Gasteiger partial charge in [-0.2, -0.15) is 5.10 Å². The van der Waals surface area contributed by atoms with Gasteiger partial charge < -0.3 is 10.0 Å². The SMILES string of the molecule is CCc1cc2n(n1)CC(=O)N(CC(C)(C)O)CC2. The lowest BCUT2D eigenvalue weighted by Gasteiger charge is -2.27. The topological polar surface area (TPSA) is 58.4 Å². The van der Waals surface area contributed by atoms with Crippen molar-refractivity contribution in [1.82, 2.24) is 14.7 Å². The van der Waals surface area contributed by atoms with Crippen LogP contribution < -0.4 is 0 Å². The van der Waals surface area contributed by atoms with Gasteiger partial charge in [-0.15, -0.1) is 0 Å². The number of amides is 1. The van der Waals surface area contributed by atoms with Crippen molar-refractivity contribution in [2.24, 2.45) is 0 Å². The molecule has 1 aliphatic heterocycles. The molecule has 0 fully saturated rings. The van der Waals surface area contributed by atoms with Crippen molar-refractivity contribution in [3.05, 3.63) is 17.5 Å². The number of hydrogen-bond donors (Lipinski definition) is 1. The molecule has 1 aromatic heterocycles. The van der Waals surface area contributed by atoms with E-state index in [1.165, 1.54) is 0 Å². The molecule has 1 aliphatic rings. The normalized spacial score (nSPS) is 16.7. The summed E-state index contributed by atoms with van der Waals surface area (Å²) < 4.78 is 1.80. The van der Waals surface area contributed by atoms with Crippen molar-refractivity contribution in [2.45, 2.75) is 45.8 Å². The predicted octanol–water partition coefficient (Wildman–Crippen LogP) is 0.601. The Bertz CT molecular complexity index is 446. The highest BCUT2D eigenvalue weighted by Crippen LogP contribution is 2.14. The maximum atomic E-state index is 12.1. The Labute approximate surface area is 107 Å². The molecule has 1 aromatic rings. The molecule has 5 nitrogen and oxygen atoms in total. The second-order valence-corrected chi connectivity index (χ2v) is 5.52. The van der Waals surface area contributed by atoms with Gasteiger partial charge in [-0.25, -0.2) is 0 Å². The number of nitrogens with zero attached hydrogens (tertiary/aromatic N) is 3. The smallest absolute Gasteiger partial charge is 0.244 e. The van der Waals surface area contributed by atoms with Crippen molar-refractivity contribution in [2.75, 3.05) is 13.1 Å². The molecule has 1 amide bonds. The van der Waals surface area contributed by atoms with Crippen molar-refractivity contribution in [3.8, 4) is 0 Å². The first-order valence-electron chi connectivity index (χ1n) is 6.45. The fourth-order valence-corrected chi connectivity index (χ4v) is 2.26. The van der Waals surface area contributed by atoms with E-state index >= 15 is 0 Å². The number of hydrogen-bond acceptors (Lipinski definition) is 3. The largest absolute Gasteiger partial charge is 0.389 e. The first-order chi connectivity index (χ1) is 8.39. The fraction of sp³-hybridized carbons (Fsp3) is 0.692. The summed E-state index contributed by atoms with van der Waals surface area (Å²) in [6, 6.07) is 2.07. The van der Waals surface area contributed by atoms with E-state index in [-0.39, 0.29) is 12.5 Å². The lowest BCUT2D eigenvalue weighted by atomic mass is 10.1. The van der Waals surface area contributed by atoms with Crippen molar-refractivity contribution in [1.29, 1.82) is 0 Å². The van der Waals surface area contributed by atoms with Crippen LogP contribution in [0, 0.1) is 0 Å². The Morgan fingerprint density at radius 3 is 2.83 bits per heavy atom. The van der Waals surface area contributed by atoms with E-state index in [0.29, 0.717) is 13.1 Å². The second-order valence-electron chi connectivity index (χ2n) is 5.52. The van der Waals surface area contributed by atoms with Crippen molar-refractivity contribution >= 4 is 5.91 Å². The van der Waals surface area contributed by atoms with E-state index in [4.69, 9.17) is 0 Å². The molecule has 2 rings (SSSR count). The van der Waals surface area contributed by atoms with Gasteiger partial charge in [0, 0.05) is 25.2 Å². The summed E-state index contributed by atoms with van der Waals surface area (Å²) in [4.78, 5) is 13.8. The molecule has 0 bridgehead atoms. The Morgan fingerprint density at radius 2 is 2.22 bits per heavy atom. The minimum Gasteiger partial charge on any atom is -0.389 e. The lowest BCUT2D eigenvalue weighted by molar-refractivity contribution is -0.134. The Morgan fingerprint density at radius 1 is 1.50 bits per heavy atom. The molecule has 0 aliphatic carbocycles. The highest BCUT2D eigenvalue weighted by molar-refractivity contribution is 5.76. The van der Waals surface area contributed by atoms with Gasteiger partial charge in [0.25, 0.3) is 0 Å². The first kappa shape index (κ1) is 13.1. The van der Waals surface area contributed by atoms with Crippen LogP contribution in [0.2, 0.25) is 0 Å². The summed E-state index contributed by atoms with van der Waals surface area (Å²) in [5.41, 5.74) is 1.30. The van der Waals surface area contributed by atoms with Crippen LogP contribution >= 0.6 is 0 Å². The fourth-order valence-electron chi connectivity index (χ4n) is 2.26. The molecule has 0 saturated carbocycles. The number of rotatable bonds is 3. The summed E-state index contributed by atoms with van der Waals surface area (Å²) in [6.07, 6.45) is 1.69. The van der Waals surface area contributed by atoms with Crippen LogP contribution in [0.3, 0.4) is 0 Å². The van der Waals surface area contributed by atoms with Gasteiger partial charge in [0.1, 0.15) is 6.54 Å². The minimum absolute atomic E-state index is 0.0293. The van der Waals surface area contributed by atoms with Crippen LogP contribution in [0.15, 0.2) is 6.07 Å². The van der Waals surface area contributed by atoms with Crippen LogP contribution in [0.5, 0.6) is 0 Å². The van der Waals surface area contributed by atoms with Gasteiger partial charge in [-0.3, -0.25) is 9.48 Å². The monoisotopic (exact) mass is 251 g/mol. The van der Waals surface area contributed by atoms with Gasteiger partial charge >= 0.3 is 0 Å². The van der Waals surface area contributed by atoms with Crippen LogP contribution in [-0.4, -0.2) is 44.4 Å². The number of aromatic nitrogens is 2. The maximum absolute atomic E-state index is 12.1. The molecule has 2 heterocycles. The third-order valence-corrected chi connectivity index (χ3v) is 3.13. The number of carbonyl (C=O) groups excluding carboxylic acids is 1. The number of aryl methyl sites for hydroxylation is 1. The maximum Gasteiger partial charge on any atom is 0.244 e. The van der Waals surface area contributed by atoms with Gasteiger partial charge in [0.2, 0.25) is 5.91 Å². The number of aliphatic hydroxyl groups is 1. The summed E-state index contributed by atoms with van der Waals surface area (Å²) in [7, 11) is 0. The zero-order valence-corrected chi connectivity index (χ0v) is 11.3. The van der Waals surface area contributed by atoms with E-state index in [1.54, 1.807) is 23.4 Å². The average Bonchev–Trinajstić information content (AvgIpc) is 2.59. The third-order valence-electron chi connectivity index (χ3n) is 3.13. The number of fused-ring (bicyclic) bond motifs is 1. The van der Waals surface area contributed by atoms with Crippen molar-refractivity contribution < 1.29 is 9.90 Å². The standard InChI is InChI=1S/C13H21N3O2/c1-4-10-7-11-5-6-15(9-13(2,3)18)12(17)8-16(11)14-10/h7,18H,4-6,8-9H2,1-3H3. The Balaban J connectivity index is 2.13. The van der Waals surface area contributed by atoms with Gasteiger partial charge in [-0.05, 0) is 26.3 Å². The van der Waals surface area contributed by atoms with Crippen LogP contribution in [-0.2, 0) is 24.2 Å². The van der Waals surface area contributed by atoms with Gasteiger partial charge in [-0.1, -0.05) is 6.92 Å². The molecule has 0 radical (unpaired) electrons. The second kappa shape index (κ2) is 4.72.